The lowest BCUT2D eigenvalue weighted by Gasteiger charge is -2.25. The Hall–Kier alpha value is -2.09. The minimum atomic E-state index is -3.76. The van der Waals surface area contributed by atoms with Crippen molar-refractivity contribution in [2.75, 3.05) is 23.9 Å². The molecule has 6 nitrogen and oxygen atoms in total. The molecule has 1 aliphatic rings. The fraction of sp³-hybridized carbons (Fsp3) is 0.350. The lowest BCUT2D eigenvalue weighted by molar-refractivity contribution is -0.129. The predicted molar refractivity (Wildman–Crippen MR) is 113 cm³/mol. The number of rotatable bonds is 6. The number of sulfonamides is 1. The normalized spacial score (nSPS) is 16.5. The Bertz CT molecular complexity index is 889. The van der Waals surface area contributed by atoms with E-state index in [9.17, 15) is 13.2 Å². The number of aryl methyl sites for hydroxylation is 1. The van der Waals surface area contributed by atoms with Gasteiger partial charge in [0.15, 0.2) is 0 Å². The molecule has 28 heavy (non-hydrogen) atoms. The molecule has 0 bridgehead atoms. The monoisotopic (exact) mass is 423 g/mol. The van der Waals surface area contributed by atoms with Crippen LogP contribution in [0, 0.1) is 6.92 Å². The summed E-state index contributed by atoms with van der Waals surface area (Å²) in [6.45, 7) is 3.20. The molecule has 0 spiro atoms. The third kappa shape index (κ3) is 5.04. The van der Waals surface area contributed by atoms with Crippen molar-refractivity contribution in [3.8, 4) is 0 Å². The minimum absolute atomic E-state index is 0. The van der Waals surface area contributed by atoms with E-state index < -0.39 is 10.0 Å². The van der Waals surface area contributed by atoms with E-state index in [1.807, 2.05) is 19.1 Å². The van der Waals surface area contributed by atoms with Crippen LogP contribution in [0.3, 0.4) is 0 Å². The summed E-state index contributed by atoms with van der Waals surface area (Å²) in [7, 11) is -3.76. The van der Waals surface area contributed by atoms with Gasteiger partial charge in [-0.05, 0) is 37.6 Å². The summed E-state index contributed by atoms with van der Waals surface area (Å²) in [5, 5.41) is 0. The number of halogens is 1. The molecule has 0 aromatic heterocycles. The average Bonchev–Trinajstić information content (AvgIpc) is 3.10. The maximum atomic E-state index is 13.2. The second kappa shape index (κ2) is 9.41. The molecule has 0 unspecified atom stereocenters. The van der Waals surface area contributed by atoms with Crippen LogP contribution in [0.4, 0.5) is 5.69 Å². The number of benzene rings is 2. The zero-order valence-corrected chi connectivity index (χ0v) is 17.5. The van der Waals surface area contributed by atoms with E-state index >= 15 is 0 Å². The van der Waals surface area contributed by atoms with E-state index in [-0.39, 0.29) is 42.2 Å². The molecule has 0 saturated carbocycles. The Morgan fingerprint density at radius 2 is 1.79 bits per heavy atom. The van der Waals surface area contributed by atoms with Crippen molar-refractivity contribution < 1.29 is 13.2 Å². The SMILES string of the molecule is Cc1ccc(N(CCC(=O)N2CC[C@@H](N)C2)S(=O)(=O)c2ccccc2)cc1.Cl. The largest absolute Gasteiger partial charge is 0.341 e. The van der Waals surface area contributed by atoms with E-state index in [2.05, 4.69) is 0 Å². The Labute approximate surface area is 172 Å². The lowest BCUT2D eigenvalue weighted by atomic mass is 10.2. The third-order valence-electron chi connectivity index (χ3n) is 4.76. The summed E-state index contributed by atoms with van der Waals surface area (Å²) in [6.07, 6.45) is 0.905. The first kappa shape index (κ1) is 22.2. The number of anilines is 1. The molecular weight excluding hydrogens is 398 g/mol. The van der Waals surface area contributed by atoms with Gasteiger partial charge in [0, 0.05) is 32.1 Å². The van der Waals surface area contributed by atoms with Crippen molar-refractivity contribution in [1.82, 2.24) is 4.90 Å². The van der Waals surface area contributed by atoms with E-state index in [1.165, 1.54) is 4.31 Å². The molecular formula is C20H26ClN3O3S. The molecule has 2 aromatic carbocycles. The summed E-state index contributed by atoms with van der Waals surface area (Å²) in [5.41, 5.74) is 7.46. The van der Waals surface area contributed by atoms with Crippen molar-refractivity contribution in [2.45, 2.75) is 30.7 Å². The zero-order valence-electron chi connectivity index (χ0n) is 15.8. The standard InChI is InChI=1S/C20H25N3O3S.ClH/c1-16-7-9-18(10-8-16)23(27(25,26)19-5-3-2-4-6-19)14-12-20(24)22-13-11-17(21)15-22;/h2-10,17H,11-15,21H2,1H3;1H/t17-;/m1./s1. The van der Waals surface area contributed by atoms with Gasteiger partial charge >= 0.3 is 0 Å². The quantitative estimate of drug-likeness (QED) is 0.773. The van der Waals surface area contributed by atoms with Crippen LogP contribution in [0.5, 0.6) is 0 Å². The number of hydrogen-bond donors (Lipinski definition) is 1. The molecule has 1 heterocycles. The number of amides is 1. The number of hydrogen-bond acceptors (Lipinski definition) is 4. The van der Waals surface area contributed by atoms with Crippen LogP contribution in [0.2, 0.25) is 0 Å². The molecule has 1 atom stereocenters. The molecule has 0 aliphatic carbocycles. The van der Waals surface area contributed by atoms with Crippen LogP contribution in [-0.4, -0.2) is 44.9 Å². The van der Waals surface area contributed by atoms with Crippen LogP contribution in [0.15, 0.2) is 59.5 Å². The van der Waals surface area contributed by atoms with Crippen molar-refractivity contribution in [3.05, 3.63) is 60.2 Å². The van der Waals surface area contributed by atoms with Crippen LogP contribution >= 0.6 is 12.4 Å². The van der Waals surface area contributed by atoms with Crippen molar-refractivity contribution in [2.24, 2.45) is 5.73 Å². The number of carbonyl (C=O) groups is 1. The molecule has 0 radical (unpaired) electrons. The van der Waals surface area contributed by atoms with E-state index in [0.717, 1.165) is 12.0 Å². The highest BCUT2D eigenvalue weighted by molar-refractivity contribution is 7.92. The second-order valence-electron chi connectivity index (χ2n) is 6.86. The number of carbonyl (C=O) groups excluding carboxylic acids is 1. The molecule has 3 rings (SSSR count). The van der Waals surface area contributed by atoms with Crippen LogP contribution in [0.1, 0.15) is 18.4 Å². The van der Waals surface area contributed by atoms with Gasteiger partial charge in [-0.25, -0.2) is 8.42 Å². The van der Waals surface area contributed by atoms with Crippen LogP contribution < -0.4 is 10.0 Å². The maximum absolute atomic E-state index is 13.2. The molecule has 2 N–H and O–H groups in total. The molecule has 1 amide bonds. The van der Waals surface area contributed by atoms with Gasteiger partial charge in [-0.15, -0.1) is 12.4 Å². The molecule has 1 saturated heterocycles. The minimum Gasteiger partial charge on any atom is -0.341 e. The van der Waals surface area contributed by atoms with Gasteiger partial charge in [-0.3, -0.25) is 9.10 Å². The second-order valence-corrected chi connectivity index (χ2v) is 8.73. The topological polar surface area (TPSA) is 83.7 Å². The van der Waals surface area contributed by atoms with Crippen molar-refractivity contribution >= 4 is 34.0 Å². The first-order valence-electron chi connectivity index (χ1n) is 9.06. The number of likely N-dealkylation sites (tertiary alicyclic amines) is 1. The Morgan fingerprint density at radius 1 is 1.14 bits per heavy atom. The fourth-order valence-electron chi connectivity index (χ4n) is 3.19. The maximum Gasteiger partial charge on any atom is 0.264 e. The fourth-order valence-corrected chi connectivity index (χ4v) is 4.67. The first-order chi connectivity index (χ1) is 12.9. The van der Waals surface area contributed by atoms with Gasteiger partial charge in [-0.2, -0.15) is 0 Å². The summed E-state index contributed by atoms with van der Waals surface area (Å²) in [5.74, 6) is -0.0664. The average molecular weight is 424 g/mol. The van der Waals surface area contributed by atoms with E-state index in [0.29, 0.717) is 18.8 Å². The summed E-state index contributed by atoms with van der Waals surface area (Å²) >= 11 is 0. The highest BCUT2D eigenvalue weighted by Crippen LogP contribution is 2.24. The van der Waals surface area contributed by atoms with Gasteiger partial charge in [0.25, 0.3) is 10.0 Å². The molecule has 8 heteroatoms. The molecule has 152 valence electrons. The third-order valence-corrected chi connectivity index (χ3v) is 6.60. The van der Waals surface area contributed by atoms with Crippen molar-refractivity contribution in [3.63, 3.8) is 0 Å². The van der Waals surface area contributed by atoms with E-state index in [1.54, 1.807) is 47.4 Å². The first-order valence-corrected chi connectivity index (χ1v) is 10.5. The highest BCUT2D eigenvalue weighted by atomic mass is 35.5. The van der Waals surface area contributed by atoms with Gasteiger partial charge in [0.05, 0.1) is 10.6 Å². The van der Waals surface area contributed by atoms with Gasteiger partial charge in [0.1, 0.15) is 0 Å². The molecule has 1 fully saturated rings. The summed E-state index contributed by atoms with van der Waals surface area (Å²) < 4.78 is 27.7. The van der Waals surface area contributed by atoms with Gasteiger partial charge in [-0.1, -0.05) is 35.9 Å². The highest BCUT2D eigenvalue weighted by Gasteiger charge is 2.28. The van der Waals surface area contributed by atoms with Crippen LogP contribution in [-0.2, 0) is 14.8 Å². The Kier molecular flexibility index (Phi) is 7.46. The van der Waals surface area contributed by atoms with Crippen LogP contribution in [0.25, 0.3) is 0 Å². The predicted octanol–water partition coefficient (Wildman–Crippen LogP) is 2.56. The molecule has 2 aromatic rings. The molecule has 1 aliphatic heterocycles. The number of nitrogens with two attached hydrogens (primary N) is 1. The van der Waals surface area contributed by atoms with Gasteiger partial charge in [0.2, 0.25) is 5.91 Å². The Balaban J connectivity index is 0.00000280. The van der Waals surface area contributed by atoms with Crippen molar-refractivity contribution in [1.29, 1.82) is 0 Å². The summed E-state index contributed by atoms with van der Waals surface area (Å²) in [4.78, 5) is 14.4. The lowest BCUT2D eigenvalue weighted by Crippen LogP contribution is -2.37. The smallest absolute Gasteiger partial charge is 0.264 e. The summed E-state index contributed by atoms with van der Waals surface area (Å²) in [6, 6.07) is 15.6. The van der Waals surface area contributed by atoms with Gasteiger partial charge < -0.3 is 10.6 Å². The zero-order chi connectivity index (χ0) is 19.4. The number of nitrogens with zero attached hydrogens (tertiary/aromatic N) is 2. The van der Waals surface area contributed by atoms with E-state index in [4.69, 9.17) is 5.73 Å². The Morgan fingerprint density at radius 3 is 2.36 bits per heavy atom.